The molecule has 3 aromatic rings. The zero-order chi connectivity index (χ0) is 24.4. The number of fused-ring (bicyclic) bond motifs is 1. The molecule has 0 unspecified atom stereocenters. The molecule has 0 spiro atoms. The Hall–Kier alpha value is -2.17. The first kappa shape index (κ1) is 24.5. The first-order valence-corrected chi connectivity index (χ1v) is 13.1. The SMILES string of the molecule is OC1(Cc2ccc(C3=C(c4ccc(Cl)cc4Cl)CCCc4ccccc43)cc2)CN(CCCF)C1. The molecule has 182 valence electrons. The second-order valence-electron chi connectivity index (χ2n) is 9.84. The van der Waals surface area contributed by atoms with Crippen LogP contribution in [0.25, 0.3) is 11.1 Å². The fourth-order valence-corrected chi connectivity index (χ4v) is 6.09. The normalized spacial score (nSPS) is 17.6. The van der Waals surface area contributed by atoms with E-state index >= 15 is 0 Å². The highest BCUT2D eigenvalue weighted by atomic mass is 35.5. The lowest BCUT2D eigenvalue weighted by molar-refractivity contribution is -0.0969. The Balaban J connectivity index is 1.48. The highest BCUT2D eigenvalue weighted by molar-refractivity contribution is 6.36. The molecular formula is C30H30Cl2FNO. The van der Waals surface area contributed by atoms with E-state index in [1.165, 1.54) is 22.3 Å². The molecule has 35 heavy (non-hydrogen) atoms. The number of alkyl halides is 1. The summed E-state index contributed by atoms with van der Waals surface area (Å²) >= 11 is 12.9. The Kier molecular flexibility index (Phi) is 7.31. The number of β-amino-alcohol motifs (C(OH)–C–C–N with tert-alkyl or cyclic N) is 1. The minimum Gasteiger partial charge on any atom is -0.387 e. The second kappa shape index (κ2) is 10.4. The van der Waals surface area contributed by atoms with Crippen molar-refractivity contribution < 1.29 is 9.50 Å². The van der Waals surface area contributed by atoms with Crippen LogP contribution in [0.1, 0.15) is 47.1 Å². The van der Waals surface area contributed by atoms with Gasteiger partial charge in [-0.2, -0.15) is 0 Å². The van der Waals surface area contributed by atoms with Crippen LogP contribution >= 0.6 is 23.2 Å². The monoisotopic (exact) mass is 509 g/mol. The fraction of sp³-hybridized carbons (Fsp3) is 0.333. The molecule has 1 N–H and O–H groups in total. The number of nitrogens with zero attached hydrogens (tertiary/aromatic N) is 1. The van der Waals surface area contributed by atoms with E-state index in [9.17, 15) is 9.50 Å². The molecule has 1 aliphatic carbocycles. The van der Waals surface area contributed by atoms with E-state index in [2.05, 4.69) is 53.4 Å². The van der Waals surface area contributed by atoms with Gasteiger partial charge in [-0.05, 0) is 76.8 Å². The van der Waals surface area contributed by atoms with Crippen molar-refractivity contribution in [3.8, 4) is 0 Å². The smallest absolute Gasteiger partial charge is 0.0940 e. The minimum atomic E-state index is -0.728. The number of likely N-dealkylation sites (tertiary alicyclic amines) is 1. The van der Waals surface area contributed by atoms with Crippen molar-refractivity contribution >= 4 is 34.3 Å². The zero-order valence-corrected chi connectivity index (χ0v) is 21.3. The summed E-state index contributed by atoms with van der Waals surface area (Å²) in [7, 11) is 0. The maximum absolute atomic E-state index is 12.4. The summed E-state index contributed by atoms with van der Waals surface area (Å²) in [4.78, 5) is 2.11. The molecule has 5 rings (SSSR count). The number of hydrogen-bond acceptors (Lipinski definition) is 2. The lowest BCUT2D eigenvalue weighted by Crippen LogP contribution is -2.62. The molecule has 2 aliphatic rings. The van der Waals surface area contributed by atoms with Crippen LogP contribution in [-0.4, -0.2) is 41.9 Å². The van der Waals surface area contributed by atoms with Crippen molar-refractivity contribution in [2.24, 2.45) is 0 Å². The van der Waals surface area contributed by atoms with Gasteiger partial charge in [-0.1, -0.05) is 77.8 Å². The average molecular weight is 510 g/mol. The van der Waals surface area contributed by atoms with E-state index in [-0.39, 0.29) is 6.67 Å². The summed E-state index contributed by atoms with van der Waals surface area (Å²) in [6, 6.07) is 23.0. The Labute approximate surface area is 217 Å². The highest BCUT2D eigenvalue weighted by Gasteiger charge is 2.40. The first-order valence-electron chi connectivity index (χ1n) is 12.3. The van der Waals surface area contributed by atoms with Crippen molar-refractivity contribution in [1.82, 2.24) is 4.90 Å². The molecular weight excluding hydrogens is 480 g/mol. The van der Waals surface area contributed by atoms with Crippen LogP contribution in [0.3, 0.4) is 0 Å². The fourth-order valence-electron chi connectivity index (χ4n) is 5.57. The van der Waals surface area contributed by atoms with Crippen LogP contribution in [0.4, 0.5) is 4.39 Å². The molecule has 5 heteroatoms. The van der Waals surface area contributed by atoms with Crippen molar-refractivity contribution in [2.75, 3.05) is 26.3 Å². The number of rotatable bonds is 7. The second-order valence-corrected chi connectivity index (χ2v) is 10.7. The van der Waals surface area contributed by atoms with Gasteiger partial charge in [0.1, 0.15) is 0 Å². The summed E-state index contributed by atoms with van der Waals surface area (Å²) in [6.45, 7) is 1.61. The van der Waals surface area contributed by atoms with Gasteiger partial charge in [0.2, 0.25) is 0 Å². The number of aliphatic hydroxyl groups is 1. The molecule has 0 radical (unpaired) electrons. The number of aryl methyl sites for hydroxylation is 1. The Morgan fingerprint density at radius 2 is 1.69 bits per heavy atom. The van der Waals surface area contributed by atoms with Crippen molar-refractivity contribution in [3.63, 3.8) is 0 Å². The lowest BCUT2D eigenvalue weighted by Gasteiger charge is -2.46. The molecule has 0 aromatic heterocycles. The van der Waals surface area contributed by atoms with E-state index in [1.807, 2.05) is 18.2 Å². The van der Waals surface area contributed by atoms with Gasteiger partial charge in [0.25, 0.3) is 0 Å². The van der Waals surface area contributed by atoms with Crippen LogP contribution in [0.2, 0.25) is 10.0 Å². The van der Waals surface area contributed by atoms with Gasteiger partial charge in [0.05, 0.1) is 12.3 Å². The molecule has 0 atom stereocenters. The van der Waals surface area contributed by atoms with Crippen LogP contribution in [-0.2, 0) is 12.8 Å². The van der Waals surface area contributed by atoms with E-state index < -0.39 is 5.60 Å². The lowest BCUT2D eigenvalue weighted by atomic mass is 9.85. The average Bonchev–Trinajstić information content (AvgIpc) is 3.01. The number of benzene rings is 3. The zero-order valence-electron chi connectivity index (χ0n) is 19.7. The molecule has 3 aromatic carbocycles. The number of hydrogen-bond donors (Lipinski definition) is 1. The van der Waals surface area contributed by atoms with E-state index in [1.54, 1.807) is 0 Å². The van der Waals surface area contributed by atoms with Gasteiger partial charge in [-0.25, -0.2) is 0 Å². The molecule has 0 saturated carbocycles. The summed E-state index contributed by atoms with van der Waals surface area (Å²) in [5.74, 6) is 0. The maximum Gasteiger partial charge on any atom is 0.0940 e. The number of allylic oxidation sites excluding steroid dienone is 1. The van der Waals surface area contributed by atoms with E-state index in [0.29, 0.717) is 42.5 Å². The molecule has 0 bridgehead atoms. The van der Waals surface area contributed by atoms with Gasteiger partial charge in [0, 0.05) is 36.1 Å². The minimum absolute atomic E-state index is 0.307. The van der Waals surface area contributed by atoms with Crippen molar-refractivity contribution in [3.05, 3.63) is 105 Å². The third kappa shape index (κ3) is 5.34. The first-order chi connectivity index (χ1) is 17.0. The summed E-state index contributed by atoms with van der Waals surface area (Å²) in [5, 5.41) is 12.2. The quantitative estimate of drug-likeness (QED) is 0.362. The van der Waals surface area contributed by atoms with E-state index in [0.717, 1.165) is 36.0 Å². The molecule has 1 aliphatic heterocycles. The summed E-state index contributed by atoms with van der Waals surface area (Å²) in [5.41, 5.74) is 7.62. The third-order valence-corrected chi connectivity index (χ3v) is 7.69. The maximum atomic E-state index is 12.4. The molecule has 2 nitrogen and oxygen atoms in total. The predicted molar refractivity (Wildman–Crippen MR) is 144 cm³/mol. The third-order valence-electron chi connectivity index (χ3n) is 7.14. The van der Waals surface area contributed by atoms with Gasteiger partial charge < -0.3 is 5.11 Å². The van der Waals surface area contributed by atoms with E-state index in [4.69, 9.17) is 23.2 Å². The van der Waals surface area contributed by atoms with Gasteiger partial charge >= 0.3 is 0 Å². The van der Waals surface area contributed by atoms with Crippen molar-refractivity contribution in [1.29, 1.82) is 0 Å². The van der Waals surface area contributed by atoms with Crippen LogP contribution in [0.5, 0.6) is 0 Å². The topological polar surface area (TPSA) is 23.5 Å². The number of halogens is 3. The highest BCUT2D eigenvalue weighted by Crippen LogP contribution is 2.42. The summed E-state index contributed by atoms with van der Waals surface area (Å²) in [6.07, 6.45) is 4.14. The molecule has 1 heterocycles. The van der Waals surface area contributed by atoms with Crippen LogP contribution in [0.15, 0.2) is 66.7 Å². The van der Waals surface area contributed by atoms with Gasteiger partial charge in [-0.15, -0.1) is 0 Å². The predicted octanol–water partition coefficient (Wildman–Crippen LogP) is 7.24. The Bertz CT molecular complexity index is 1230. The Morgan fingerprint density at radius 1 is 0.914 bits per heavy atom. The molecule has 1 saturated heterocycles. The molecule has 1 fully saturated rings. The van der Waals surface area contributed by atoms with Gasteiger partial charge in [0.15, 0.2) is 0 Å². The molecule has 0 amide bonds. The largest absolute Gasteiger partial charge is 0.387 e. The standard InChI is InChI=1S/C30H30Cl2FNO/c31-24-13-14-26(28(32)17-24)27-8-3-6-22-5-1-2-7-25(22)29(27)23-11-9-21(10-12-23)18-30(35)19-34(20-30)16-4-15-33/h1-2,5,7,9-14,17,35H,3-4,6,8,15-16,18-20H2. The Morgan fingerprint density at radius 3 is 2.43 bits per heavy atom. The van der Waals surface area contributed by atoms with Crippen LogP contribution < -0.4 is 0 Å². The summed E-state index contributed by atoms with van der Waals surface area (Å²) < 4.78 is 12.4. The van der Waals surface area contributed by atoms with Gasteiger partial charge in [-0.3, -0.25) is 9.29 Å². The van der Waals surface area contributed by atoms with Crippen molar-refractivity contribution in [2.45, 2.75) is 37.7 Å². The van der Waals surface area contributed by atoms with Crippen LogP contribution in [0, 0.1) is 0 Å².